The Labute approximate surface area is 124 Å². The summed E-state index contributed by atoms with van der Waals surface area (Å²) in [5.41, 5.74) is 5.94. The molecule has 0 fully saturated rings. The molecule has 0 unspecified atom stereocenters. The number of ether oxygens (including phenoxy) is 1. The molecule has 0 aromatic heterocycles. The van der Waals surface area contributed by atoms with Crippen molar-refractivity contribution < 1.29 is 14.3 Å². The highest BCUT2D eigenvalue weighted by Crippen LogP contribution is 2.41. The highest BCUT2D eigenvalue weighted by Gasteiger charge is 2.46. The van der Waals surface area contributed by atoms with E-state index in [1.165, 1.54) is 4.90 Å². The number of nitrogens with two attached hydrogens (primary N) is 1. The Morgan fingerprint density at radius 1 is 1.38 bits per heavy atom. The SMILES string of the molecule is CCC1(CC)Oc2ccc(N)cc2N(CC(=O)NC)C1=O. The third-order valence-corrected chi connectivity index (χ3v) is 3.94. The molecule has 1 aliphatic rings. The molecule has 1 aromatic rings. The van der Waals surface area contributed by atoms with Gasteiger partial charge in [0, 0.05) is 12.7 Å². The van der Waals surface area contributed by atoms with Gasteiger partial charge in [-0.15, -0.1) is 0 Å². The predicted octanol–water partition coefficient (Wildman–Crippen LogP) is 1.30. The lowest BCUT2D eigenvalue weighted by Crippen LogP contribution is -2.57. The van der Waals surface area contributed by atoms with Gasteiger partial charge in [-0.3, -0.25) is 14.5 Å². The standard InChI is InChI=1S/C15H21N3O3/c1-4-15(5-2)14(20)18(9-13(19)17-3)11-8-10(16)6-7-12(11)21-15/h6-8H,4-5,9,16H2,1-3H3,(H,17,19). The van der Waals surface area contributed by atoms with Gasteiger partial charge in [-0.25, -0.2) is 0 Å². The van der Waals surface area contributed by atoms with E-state index in [-0.39, 0.29) is 18.4 Å². The van der Waals surface area contributed by atoms with E-state index in [9.17, 15) is 9.59 Å². The smallest absolute Gasteiger partial charge is 0.271 e. The number of hydrogen-bond acceptors (Lipinski definition) is 4. The lowest BCUT2D eigenvalue weighted by Gasteiger charge is -2.41. The minimum Gasteiger partial charge on any atom is -0.475 e. The Morgan fingerprint density at radius 2 is 2.05 bits per heavy atom. The molecule has 0 atom stereocenters. The van der Waals surface area contributed by atoms with Crippen molar-refractivity contribution in [3.05, 3.63) is 18.2 Å². The second-order valence-electron chi connectivity index (χ2n) is 5.10. The fraction of sp³-hybridized carbons (Fsp3) is 0.467. The van der Waals surface area contributed by atoms with Crippen LogP contribution in [0.25, 0.3) is 0 Å². The number of hydrogen-bond donors (Lipinski definition) is 2. The highest BCUT2D eigenvalue weighted by atomic mass is 16.5. The van der Waals surface area contributed by atoms with Crippen LogP contribution in [0.15, 0.2) is 18.2 Å². The average molecular weight is 291 g/mol. The van der Waals surface area contributed by atoms with E-state index >= 15 is 0 Å². The van der Waals surface area contributed by atoms with Crippen LogP contribution < -0.4 is 20.7 Å². The monoisotopic (exact) mass is 291 g/mol. The van der Waals surface area contributed by atoms with Crippen molar-refractivity contribution in [2.24, 2.45) is 0 Å². The van der Waals surface area contributed by atoms with E-state index in [0.717, 1.165) is 0 Å². The van der Waals surface area contributed by atoms with E-state index in [1.807, 2.05) is 13.8 Å². The number of amides is 2. The lowest BCUT2D eigenvalue weighted by atomic mass is 9.92. The molecule has 1 aliphatic heterocycles. The zero-order valence-electron chi connectivity index (χ0n) is 12.6. The Morgan fingerprint density at radius 3 is 2.62 bits per heavy atom. The minimum atomic E-state index is -0.920. The van der Waals surface area contributed by atoms with Gasteiger partial charge in [0.15, 0.2) is 5.60 Å². The zero-order valence-corrected chi connectivity index (χ0v) is 12.6. The molecule has 0 spiro atoms. The third kappa shape index (κ3) is 2.53. The Balaban J connectivity index is 2.52. The molecular weight excluding hydrogens is 270 g/mol. The fourth-order valence-corrected chi connectivity index (χ4v) is 2.52. The van der Waals surface area contributed by atoms with Gasteiger partial charge in [-0.1, -0.05) is 13.8 Å². The van der Waals surface area contributed by atoms with E-state index in [4.69, 9.17) is 10.5 Å². The third-order valence-electron chi connectivity index (χ3n) is 3.94. The first kappa shape index (κ1) is 15.2. The topological polar surface area (TPSA) is 84.7 Å². The summed E-state index contributed by atoms with van der Waals surface area (Å²) < 4.78 is 5.95. The molecule has 0 aliphatic carbocycles. The first-order valence-electron chi connectivity index (χ1n) is 7.08. The van der Waals surface area contributed by atoms with Gasteiger partial charge in [-0.2, -0.15) is 0 Å². The van der Waals surface area contributed by atoms with Crippen molar-refractivity contribution in [2.75, 3.05) is 24.2 Å². The van der Waals surface area contributed by atoms with Gasteiger partial charge in [0.05, 0.1) is 5.69 Å². The quantitative estimate of drug-likeness (QED) is 0.819. The fourth-order valence-electron chi connectivity index (χ4n) is 2.52. The van der Waals surface area contributed by atoms with E-state index in [2.05, 4.69) is 5.32 Å². The number of nitrogens with zero attached hydrogens (tertiary/aromatic N) is 1. The maximum atomic E-state index is 12.8. The predicted molar refractivity (Wildman–Crippen MR) is 81.2 cm³/mol. The summed E-state index contributed by atoms with van der Waals surface area (Å²) in [6, 6.07) is 5.13. The van der Waals surface area contributed by atoms with Gasteiger partial charge in [0.2, 0.25) is 5.91 Å². The normalized spacial score (nSPS) is 16.1. The molecule has 3 N–H and O–H groups in total. The number of carbonyl (C=O) groups excluding carboxylic acids is 2. The van der Waals surface area contributed by atoms with Crippen molar-refractivity contribution in [1.29, 1.82) is 0 Å². The molecule has 0 radical (unpaired) electrons. The van der Waals surface area contributed by atoms with Crippen LogP contribution >= 0.6 is 0 Å². The summed E-state index contributed by atoms with van der Waals surface area (Å²) in [6.07, 6.45) is 1.08. The molecule has 0 saturated heterocycles. The number of carbonyl (C=O) groups is 2. The molecule has 1 heterocycles. The molecule has 0 saturated carbocycles. The van der Waals surface area contributed by atoms with Crippen LogP contribution in [0.3, 0.4) is 0 Å². The van der Waals surface area contributed by atoms with Crippen LogP contribution in [-0.4, -0.2) is 31.0 Å². The molecule has 0 bridgehead atoms. The number of rotatable bonds is 4. The Bertz CT molecular complexity index is 567. The number of nitrogens with one attached hydrogen (secondary N) is 1. The molecular formula is C15H21N3O3. The molecule has 6 nitrogen and oxygen atoms in total. The van der Waals surface area contributed by atoms with E-state index in [0.29, 0.717) is 30.0 Å². The van der Waals surface area contributed by atoms with Crippen LogP contribution in [-0.2, 0) is 9.59 Å². The second-order valence-corrected chi connectivity index (χ2v) is 5.10. The van der Waals surface area contributed by atoms with Crippen molar-refractivity contribution in [3.8, 4) is 5.75 Å². The van der Waals surface area contributed by atoms with Crippen molar-refractivity contribution in [1.82, 2.24) is 5.32 Å². The van der Waals surface area contributed by atoms with Gasteiger partial charge in [0.25, 0.3) is 5.91 Å². The summed E-state index contributed by atoms with van der Waals surface area (Å²) in [7, 11) is 1.54. The van der Waals surface area contributed by atoms with Crippen LogP contribution in [0.5, 0.6) is 5.75 Å². The van der Waals surface area contributed by atoms with Crippen LogP contribution in [0.4, 0.5) is 11.4 Å². The number of anilines is 2. The number of nitrogen functional groups attached to an aromatic ring is 1. The maximum absolute atomic E-state index is 12.8. The Kier molecular flexibility index (Phi) is 4.06. The van der Waals surface area contributed by atoms with Crippen molar-refractivity contribution in [3.63, 3.8) is 0 Å². The van der Waals surface area contributed by atoms with Gasteiger partial charge >= 0.3 is 0 Å². The van der Waals surface area contributed by atoms with Crippen LogP contribution in [0.1, 0.15) is 26.7 Å². The number of fused-ring (bicyclic) bond motifs is 1. The van der Waals surface area contributed by atoms with E-state index in [1.54, 1.807) is 25.2 Å². The zero-order chi connectivity index (χ0) is 15.6. The van der Waals surface area contributed by atoms with Crippen LogP contribution in [0.2, 0.25) is 0 Å². The maximum Gasteiger partial charge on any atom is 0.271 e. The van der Waals surface area contributed by atoms with E-state index < -0.39 is 5.60 Å². The molecule has 21 heavy (non-hydrogen) atoms. The first-order valence-corrected chi connectivity index (χ1v) is 7.08. The first-order chi connectivity index (χ1) is 9.97. The number of benzene rings is 1. The summed E-state index contributed by atoms with van der Waals surface area (Å²) >= 11 is 0. The summed E-state index contributed by atoms with van der Waals surface area (Å²) in [5.74, 6) is 0.144. The van der Waals surface area contributed by atoms with Gasteiger partial charge in [0.1, 0.15) is 12.3 Å². The Hall–Kier alpha value is -2.24. The van der Waals surface area contributed by atoms with Gasteiger partial charge in [-0.05, 0) is 31.0 Å². The molecule has 6 heteroatoms. The lowest BCUT2D eigenvalue weighted by molar-refractivity contribution is -0.137. The molecule has 1 aromatic carbocycles. The van der Waals surface area contributed by atoms with Crippen molar-refractivity contribution >= 4 is 23.2 Å². The summed E-state index contributed by atoms with van der Waals surface area (Å²) in [6.45, 7) is 3.76. The molecule has 2 rings (SSSR count). The largest absolute Gasteiger partial charge is 0.475 e. The summed E-state index contributed by atoms with van der Waals surface area (Å²) in [4.78, 5) is 26.0. The molecule has 114 valence electrons. The van der Waals surface area contributed by atoms with Crippen molar-refractivity contribution in [2.45, 2.75) is 32.3 Å². The molecule has 2 amide bonds. The highest BCUT2D eigenvalue weighted by molar-refractivity contribution is 6.06. The second kappa shape index (κ2) is 5.63. The van der Waals surface area contributed by atoms with Crippen LogP contribution in [0, 0.1) is 0 Å². The number of likely N-dealkylation sites (N-methyl/N-ethyl adjacent to an activating group) is 1. The average Bonchev–Trinajstić information content (AvgIpc) is 2.50. The summed E-state index contributed by atoms with van der Waals surface area (Å²) in [5, 5.41) is 2.54. The minimum absolute atomic E-state index is 0.0447. The van der Waals surface area contributed by atoms with Gasteiger partial charge < -0.3 is 15.8 Å².